The van der Waals surface area contributed by atoms with Crippen molar-refractivity contribution in [3.05, 3.63) is 11.9 Å². The molecule has 0 fully saturated rings. The average molecular weight is 183 g/mol. The van der Waals surface area contributed by atoms with E-state index in [2.05, 4.69) is 37.9 Å². The Hall–Kier alpha value is -0.860. The first-order valence-corrected chi connectivity index (χ1v) is 5.03. The second-order valence-corrected chi connectivity index (χ2v) is 3.34. The van der Waals surface area contributed by atoms with E-state index < -0.39 is 0 Å². The van der Waals surface area contributed by atoms with Crippen molar-refractivity contribution in [1.82, 2.24) is 15.0 Å². The van der Waals surface area contributed by atoms with Crippen molar-refractivity contribution in [2.45, 2.75) is 53.5 Å². The van der Waals surface area contributed by atoms with E-state index in [1.807, 2.05) is 20.0 Å². The first-order chi connectivity index (χ1) is 6.11. The van der Waals surface area contributed by atoms with Gasteiger partial charge in [-0.1, -0.05) is 27.7 Å². The maximum absolute atomic E-state index is 4.31. The monoisotopic (exact) mass is 183 g/mol. The average Bonchev–Trinajstić information content (AvgIpc) is 2.56. The lowest BCUT2D eigenvalue weighted by Crippen LogP contribution is -2.05. The van der Waals surface area contributed by atoms with Crippen molar-refractivity contribution in [3.8, 4) is 0 Å². The molecule has 13 heavy (non-hydrogen) atoms. The minimum atomic E-state index is 0.363. The summed E-state index contributed by atoms with van der Waals surface area (Å²) in [6, 6.07) is 0.363. The molecule has 3 heteroatoms. The highest BCUT2D eigenvalue weighted by Crippen LogP contribution is 2.10. The van der Waals surface area contributed by atoms with Crippen molar-refractivity contribution in [2.75, 3.05) is 0 Å². The Morgan fingerprint density at radius 2 is 1.69 bits per heavy atom. The van der Waals surface area contributed by atoms with Gasteiger partial charge < -0.3 is 0 Å². The molecule has 0 N–H and O–H groups in total. The third-order valence-electron chi connectivity index (χ3n) is 1.58. The number of aromatic nitrogens is 3. The molecule has 0 aliphatic rings. The van der Waals surface area contributed by atoms with Crippen molar-refractivity contribution in [1.29, 1.82) is 0 Å². The van der Waals surface area contributed by atoms with Gasteiger partial charge in [0.25, 0.3) is 0 Å². The zero-order valence-corrected chi connectivity index (χ0v) is 9.57. The van der Waals surface area contributed by atoms with E-state index >= 15 is 0 Å². The Morgan fingerprint density at radius 1 is 1.15 bits per heavy atom. The van der Waals surface area contributed by atoms with Gasteiger partial charge in [-0.05, 0) is 19.8 Å². The summed E-state index contributed by atoms with van der Waals surface area (Å²) in [6.07, 6.45) is 1.84. The van der Waals surface area contributed by atoms with Crippen molar-refractivity contribution < 1.29 is 0 Å². The third kappa shape index (κ3) is 3.57. The van der Waals surface area contributed by atoms with Gasteiger partial charge in [-0.25, -0.2) is 0 Å². The molecule has 0 aliphatic heterocycles. The molecule has 1 aromatic rings. The summed E-state index contributed by atoms with van der Waals surface area (Å²) in [7, 11) is 0. The number of hydrogen-bond donors (Lipinski definition) is 0. The summed E-state index contributed by atoms with van der Waals surface area (Å²) in [6.45, 7) is 12.4. The van der Waals surface area contributed by atoms with Gasteiger partial charge in [-0.3, -0.25) is 0 Å². The minimum absolute atomic E-state index is 0.363. The summed E-state index contributed by atoms with van der Waals surface area (Å²) < 4.78 is 0. The molecule has 0 saturated carbocycles. The Morgan fingerprint density at radius 3 is 1.92 bits per heavy atom. The Kier molecular flexibility index (Phi) is 5.35. The molecule has 0 amide bonds. The standard InChI is InChI=1S/C8H15N3.C2H6/c1-6(2)8-5-9-11(10-8)7(3)4;1-2/h5-7H,1-4H3;1-2H3. The van der Waals surface area contributed by atoms with E-state index in [-0.39, 0.29) is 0 Å². The zero-order valence-electron chi connectivity index (χ0n) is 9.57. The van der Waals surface area contributed by atoms with Gasteiger partial charge in [0.2, 0.25) is 0 Å². The van der Waals surface area contributed by atoms with Gasteiger partial charge in [-0.15, -0.1) is 0 Å². The van der Waals surface area contributed by atoms with Crippen LogP contribution in [0.15, 0.2) is 6.20 Å². The predicted molar refractivity (Wildman–Crippen MR) is 55.8 cm³/mol. The molecule has 76 valence electrons. The second-order valence-electron chi connectivity index (χ2n) is 3.34. The first kappa shape index (κ1) is 12.1. The molecule has 0 saturated heterocycles. The smallest absolute Gasteiger partial charge is 0.0852 e. The van der Waals surface area contributed by atoms with Crippen LogP contribution in [0.4, 0.5) is 0 Å². The highest BCUT2D eigenvalue weighted by Gasteiger charge is 2.05. The van der Waals surface area contributed by atoms with E-state index in [4.69, 9.17) is 0 Å². The fourth-order valence-electron chi connectivity index (χ4n) is 0.802. The van der Waals surface area contributed by atoms with Crippen molar-refractivity contribution in [3.63, 3.8) is 0 Å². The lowest BCUT2D eigenvalue weighted by molar-refractivity contribution is 0.461. The van der Waals surface area contributed by atoms with Crippen LogP contribution in [0.1, 0.15) is 59.2 Å². The minimum Gasteiger partial charge on any atom is -0.182 e. The first-order valence-electron chi connectivity index (χ1n) is 5.03. The Balaban J connectivity index is 0.000000671. The Labute approximate surface area is 81.2 Å². The second kappa shape index (κ2) is 5.73. The quantitative estimate of drug-likeness (QED) is 0.705. The molecule has 1 rings (SSSR count). The predicted octanol–water partition coefficient (Wildman–Crippen LogP) is 3.01. The van der Waals surface area contributed by atoms with Gasteiger partial charge in [0.15, 0.2) is 0 Å². The largest absolute Gasteiger partial charge is 0.182 e. The maximum atomic E-state index is 4.31. The van der Waals surface area contributed by atoms with Gasteiger partial charge in [-0.2, -0.15) is 15.0 Å². The number of nitrogens with zero attached hydrogens (tertiary/aromatic N) is 3. The molecule has 0 unspecified atom stereocenters. The Bertz CT molecular complexity index is 203. The van der Waals surface area contributed by atoms with Crippen LogP contribution in [0, 0.1) is 0 Å². The maximum Gasteiger partial charge on any atom is 0.0852 e. The summed E-state index contributed by atoms with van der Waals surface area (Å²) in [5, 5.41) is 8.46. The molecule has 0 aromatic carbocycles. The lowest BCUT2D eigenvalue weighted by Gasteiger charge is -2.01. The van der Waals surface area contributed by atoms with Crippen LogP contribution in [0.3, 0.4) is 0 Å². The van der Waals surface area contributed by atoms with E-state index in [1.54, 1.807) is 4.80 Å². The van der Waals surface area contributed by atoms with Crippen LogP contribution >= 0.6 is 0 Å². The van der Waals surface area contributed by atoms with Crippen LogP contribution in [0.5, 0.6) is 0 Å². The zero-order chi connectivity index (χ0) is 10.4. The molecule has 1 aromatic heterocycles. The topological polar surface area (TPSA) is 30.7 Å². The molecular formula is C10H21N3. The van der Waals surface area contributed by atoms with Crippen LogP contribution in [-0.4, -0.2) is 15.0 Å². The molecular weight excluding hydrogens is 162 g/mol. The van der Waals surface area contributed by atoms with Gasteiger partial charge >= 0.3 is 0 Å². The van der Waals surface area contributed by atoms with Gasteiger partial charge in [0.05, 0.1) is 17.9 Å². The highest BCUT2D eigenvalue weighted by molar-refractivity contribution is 4.97. The molecule has 0 spiro atoms. The number of hydrogen-bond acceptors (Lipinski definition) is 2. The molecule has 3 nitrogen and oxygen atoms in total. The normalized spacial score (nSPS) is 10.2. The molecule has 0 bridgehead atoms. The van der Waals surface area contributed by atoms with E-state index in [0.29, 0.717) is 12.0 Å². The van der Waals surface area contributed by atoms with Crippen LogP contribution in [-0.2, 0) is 0 Å². The summed E-state index contributed by atoms with van der Waals surface area (Å²) in [5.74, 6) is 0.475. The lowest BCUT2D eigenvalue weighted by atomic mass is 10.2. The molecule has 0 aliphatic carbocycles. The molecule has 0 atom stereocenters. The SMILES string of the molecule is CC.CC(C)c1cnn(C(C)C)n1. The van der Waals surface area contributed by atoms with Crippen LogP contribution in [0.25, 0.3) is 0 Å². The van der Waals surface area contributed by atoms with Crippen LogP contribution < -0.4 is 0 Å². The molecule has 1 heterocycles. The van der Waals surface area contributed by atoms with E-state index in [0.717, 1.165) is 5.69 Å². The summed E-state index contributed by atoms with van der Waals surface area (Å²) >= 11 is 0. The van der Waals surface area contributed by atoms with Crippen LogP contribution in [0.2, 0.25) is 0 Å². The van der Waals surface area contributed by atoms with Gasteiger partial charge in [0, 0.05) is 0 Å². The fourth-order valence-corrected chi connectivity index (χ4v) is 0.802. The van der Waals surface area contributed by atoms with E-state index in [1.165, 1.54) is 0 Å². The highest BCUT2D eigenvalue weighted by atomic mass is 15.5. The summed E-state index contributed by atoms with van der Waals surface area (Å²) in [4.78, 5) is 1.75. The third-order valence-corrected chi connectivity index (χ3v) is 1.58. The number of rotatable bonds is 2. The van der Waals surface area contributed by atoms with Crippen molar-refractivity contribution in [2.24, 2.45) is 0 Å². The fraction of sp³-hybridized carbons (Fsp3) is 0.800. The molecule has 0 radical (unpaired) electrons. The summed E-state index contributed by atoms with van der Waals surface area (Å²) in [5.41, 5.74) is 1.07. The van der Waals surface area contributed by atoms with Crippen molar-refractivity contribution >= 4 is 0 Å². The van der Waals surface area contributed by atoms with Gasteiger partial charge in [0.1, 0.15) is 0 Å². The van der Waals surface area contributed by atoms with E-state index in [9.17, 15) is 0 Å².